The molecule has 3 saturated carbocycles. The molecule has 1 aliphatic heterocycles. The first-order valence-electron chi connectivity index (χ1n) is 12.8. The van der Waals surface area contributed by atoms with Crippen molar-refractivity contribution in [3.63, 3.8) is 0 Å². The number of rotatable bonds is 7. The molecule has 1 N–H and O–H groups in total. The van der Waals surface area contributed by atoms with Gasteiger partial charge in [-0.25, -0.2) is 8.78 Å². The molecule has 30 heavy (non-hydrogen) atoms. The smallest absolute Gasteiger partial charge is 0.242 e. The third-order valence-electron chi connectivity index (χ3n) is 9.32. The maximum absolute atomic E-state index is 12.9. The fourth-order valence-corrected chi connectivity index (χ4v) is 7.49. The second-order valence-corrected chi connectivity index (χ2v) is 11.2. The number of halogens is 2. The van der Waals surface area contributed by atoms with Gasteiger partial charge in [0.1, 0.15) is 0 Å². The van der Waals surface area contributed by atoms with Crippen LogP contribution in [0.15, 0.2) is 11.6 Å². The lowest BCUT2D eigenvalue weighted by atomic mass is 9.62. The van der Waals surface area contributed by atoms with E-state index in [0.717, 1.165) is 37.8 Å². The van der Waals surface area contributed by atoms with E-state index in [1.165, 1.54) is 64.2 Å². The second-order valence-electron chi connectivity index (χ2n) is 11.2. The number of hydrogen-bond acceptors (Lipinski definition) is 2. The van der Waals surface area contributed by atoms with Crippen LogP contribution in [-0.2, 0) is 0 Å². The molecule has 4 unspecified atom stereocenters. The topological polar surface area (TPSA) is 23.5 Å². The minimum atomic E-state index is -2.14. The molecule has 0 aromatic rings. The van der Waals surface area contributed by atoms with Crippen molar-refractivity contribution >= 4 is 0 Å². The fourth-order valence-electron chi connectivity index (χ4n) is 7.49. The van der Waals surface area contributed by atoms with Crippen molar-refractivity contribution in [1.82, 2.24) is 4.90 Å². The summed E-state index contributed by atoms with van der Waals surface area (Å²) in [7, 11) is 0. The summed E-state index contributed by atoms with van der Waals surface area (Å²) >= 11 is 0. The number of allylic oxidation sites excluding steroid dienone is 2. The molecular weight excluding hydrogens is 380 g/mol. The normalized spacial score (nSPS) is 41.6. The number of aliphatic hydroxyl groups is 1. The highest BCUT2D eigenvalue weighted by atomic mass is 19.3. The van der Waals surface area contributed by atoms with E-state index in [-0.39, 0.29) is 6.10 Å². The van der Waals surface area contributed by atoms with Crippen LogP contribution in [0.3, 0.4) is 0 Å². The molecule has 2 nitrogen and oxygen atoms in total. The van der Waals surface area contributed by atoms with E-state index in [9.17, 15) is 13.9 Å². The maximum atomic E-state index is 12.9. The van der Waals surface area contributed by atoms with Crippen LogP contribution in [0.2, 0.25) is 0 Å². The van der Waals surface area contributed by atoms with E-state index in [1.807, 2.05) is 0 Å². The van der Waals surface area contributed by atoms with Gasteiger partial charge in [-0.1, -0.05) is 25.0 Å². The lowest BCUT2D eigenvalue weighted by Gasteiger charge is -2.43. The zero-order valence-corrected chi connectivity index (χ0v) is 19.0. The average molecular weight is 424 g/mol. The molecule has 6 atom stereocenters. The lowest BCUT2D eigenvalue weighted by molar-refractivity contribution is 0.0800. The van der Waals surface area contributed by atoms with E-state index >= 15 is 0 Å². The van der Waals surface area contributed by atoms with Crippen LogP contribution < -0.4 is 0 Å². The average Bonchev–Trinajstić information content (AvgIpc) is 3.32. The van der Waals surface area contributed by atoms with Crippen LogP contribution in [0.1, 0.15) is 90.4 Å². The molecule has 4 aliphatic rings. The Hall–Kier alpha value is -0.480. The van der Waals surface area contributed by atoms with Crippen molar-refractivity contribution in [2.45, 2.75) is 103 Å². The van der Waals surface area contributed by atoms with Gasteiger partial charge in [-0.05, 0) is 113 Å². The zero-order chi connectivity index (χ0) is 21.1. The van der Waals surface area contributed by atoms with Crippen LogP contribution >= 0.6 is 0 Å². The molecule has 0 aromatic carbocycles. The number of nitrogens with zero attached hydrogens (tertiary/aromatic N) is 1. The van der Waals surface area contributed by atoms with E-state index in [1.54, 1.807) is 5.57 Å². The quantitative estimate of drug-likeness (QED) is 0.476. The van der Waals surface area contributed by atoms with Crippen molar-refractivity contribution in [3.8, 4) is 0 Å². The number of fused-ring (bicyclic) bond motifs is 1. The van der Waals surface area contributed by atoms with Gasteiger partial charge in [0.25, 0.3) is 0 Å². The van der Waals surface area contributed by atoms with Crippen LogP contribution in [0, 0.1) is 29.1 Å². The van der Waals surface area contributed by atoms with E-state index in [2.05, 4.69) is 17.9 Å². The number of alkyl halides is 2. The monoisotopic (exact) mass is 423 g/mol. The van der Waals surface area contributed by atoms with Gasteiger partial charge in [-0.3, -0.25) is 0 Å². The molecule has 0 amide bonds. The van der Waals surface area contributed by atoms with Crippen molar-refractivity contribution in [3.05, 3.63) is 11.6 Å². The van der Waals surface area contributed by atoms with Gasteiger partial charge in [0, 0.05) is 12.5 Å². The van der Waals surface area contributed by atoms with Gasteiger partial charge in [-0.2, -0.15) is 0 Å². The van der Waals surface area contributed by atoms with Gasteiger partial charge in [0.15, 0.2) is 0 Å². The molecule has 0 spiro atoms. The van der Waals surface area contributed by atoms with Crippen LogP contribution in [0.4, 0.5) is 8.78 Å². The fraction of sp³-hybridized carbons (Fsp3) is 0.923. The van der Waals surface area contributed by atoms with Crippen LogP contribution in [0.25, 0.3) is 0 Å². The molecular formula is C26H43F2NO. The Labute approximate surface area is 182 Å². The van der Waals surface area contributed by atoms with Crippen molar-refractivity contribution in [2.24, 2.45) is 29.1 Å². The maximum Gasteiger partial charge on any atom is 0.242 e. The zero-order valence-electron chi connectivity index (χ0n) is 19.0. The van der Waals surface area contributed by atoms with Crippen molar-refractivity contribution in [1.29, 1.82) is 0 Å². The standard InChI is InChI=1S/C26H43F2NO/c1-26-14-3-6-20(10-9-19-5-2-8-23(30)17-19)24(26)12-11-22(26)7-4-15-29-16-13-21(18-29)25(27)28/h10,19,21-25,30H,2-9,11-18H2,1H3/b20-10+/t19?,21?,22-,23?,24?,26+/m0/s1. The number of likely N-dealkylation sites (tertiary alicyclic amines) is 1. The Morgan fingerprint density at radius 3 is 2.80 bits per heavy atom. The number of aliphatic hydroxyl groups excluding tert-OH is 1. The summed E-state index contributed by atoms with van der Waals surface area (Å²) in [5.41, 5.74) is 2.18. The molecule has 0 radical (unpaired) electrons. The SMILES string of the molecule is C[C@]12CCC/C(=C\CC3CCCC(O)C3)C1CC[C@@H]2CCCN1CCC(C(F)F)C1. The first-order chi connectivity index (χ1) is 14.5. The van der Waals surface area contributed by atoms with E-state index in [4.69, 9.17) is 0 Å². The first-order valence-corrected chi connectivity index (χ1v) is 12.8. The third-order valence-corrected chi connectivity index (χ3v) is 9.32. The second kappa shape index (κ2) is 9.98. The molecule has 4 rings (SSSR count). The highest BCUT2D eigenvalue weighted by Crippen LogP contribution is 2.58. The molecule has 4 heteroatoms. The molecule has 3 aliphatic carbocycles. The summed E-state index contributed by atoms with van der Waals surface area (Å²) in [6, 6.07) is 0. The minimum absolute atomic E-state index is 0.0683. The van der Waals surface area contributed by atoms with Crippen LogP contribution in [-0.4, -0.2) is 42.2 Å². The predicted molar refractivity (Wildman–Crippen MR) is 119 cm³/mol. The Morgan fingerprint density at radius 2 is 2.03 bits per heavy atom. The van der Waals surface area contributed by atoms with Crippen molar-refractivity contribution < 1.29 is 13.9 Å². The summed E-state index contributed by atoms with van der Waals surface area (Å²) in [4.78, 5) is 2.27. The number of hydrogen-bond donors (Lipinski definition) is 1. The summed E-state index contributed by atoms with van der Waals surface area (Å²) < 4.78 is 25.8. The minimum Gasteiger partial charge on any atom is -0.393 e. The molecule has 1 saturated heterocycles. The summed E-state index contributed by atoms with van der Waals surface area (Å²) in [6.07, 6.45) is 15.8. The van der Waals surface area contributed by atoms with Gasteiger partial charge in [0.2, 0.25) is 6.43 Å². The first kappa shape index (κ1) is 22.7. The van der Waals surface area contributed by atoms with Gasteiger partial charge in [-0.15, -0.1) is 0 Å². The molecule has 1 heterocycles. The third kappa shape index (κ3) is 5.11. The van der Waals surface area contributed by atoms with E-state index < -0.39 is 12.3 Å². The largest absolute Gasteiger partial charge is 0.393 e. The summed E-state index contributed by atoms with van der Waals surface area (Å²) in [6.45, 7) is 5.02. The summed E-state index contributed by atoms with van der Waals surface area (Å²) in [5.74, 6) is 1.86. The highest BCUT2D eigenvalue weighted by Gasteiger charge is 2.48. The van der Waals surface area contributed by atoms with Gasteiger partial charge in [0.05, 0.1) is 6.10 Å². The van der Waals surface area contributed by atoms with Gasteiger partial charge < -0.3 is 10.0 Å². The Morgan fingerprint density at radius 1 is 1.17 bits per heavy atom. The molecule has 0 aromatic heterocycles. The summed E-state index contributed by atoms with van der Waals surface area (Å²) in [5, 5.41) is 9.98. The molecule has 0 bridgehead atoms. The van der Waals surface area contributed by atoms with Gasteiger partial charge >= 0.3 is 0 Å². The highest BCUT2D eigenvalue weighted by molar-refractivity contribution is 5.18. The van der Waals surface area contributed by atoms with Crippen molar-refractivity contribution in [2.75, 3.05) is 19.6 Å². The Bertz CT molecular complexity index is 594. The lowest BCUT2D eigenvalue weighted by Crippen LogP contribution is -2.34. The Balaban J connectivity index is 1.27. The predicted octanol–water partition coefficient (Wildman–Crippen LogP) is 6.44. The molecule has 172 valence electrons. The molecule has 4 fully saturated rings. The van der Waals surface area contributed by atoms with E-state index in [0.29, 0.717) is 24.3 Å². The van der Waals surface area contributed by atoms with Crippen LogP contribution in [0.5, 0.6) is 0 Å². The Kier molecular flexibility index (Phi) is 7.55.